The number of hydrogen-bond acceptors (Lipinski definition) is 3. The third kappa shape index (κ3) is 4.13. The SMILES string of the molecule is Cc1ccc(-c2ncc(C(=O)NCCC(C)C)c(C)n2)cc1. The van der Waals surface area contributed by atoms with Gasteiger partial charge in [-0.1, -0.05) is 43.7 Å². The van der Waals surface area contributed by atoms with E-state index in [1.807, 2.05) is 38.1 Å². The third-order valence-corrected chi connectivity index (χ3v) is 3.54. The predicted octanol–water partition coefficient (Wildman–Crippen LogP) is 3.54. The Labute approximate surface area is 132 Å². The maximum absolute atomic E-state index is 12.1. The molecule has 0 unspecified atom stereocenters. The molecule has 2 aromatic rings. The second kappa shape index (κ2) is 7.16. The highest BCUT2D eigenvalue weighted by atomic mass is 16.1. The highest BCUT2D eigenvalue weighted by Gasteiger charge is 2.12. The number of amides is 1. The molecule has 0 saturated heterocycles. The van der Waals surface area contributed by atoms with Crippen LogP contribution in [0.4, 0.5) is 0 Å². The summed E-state index contributed by atoms with van der Waals surface area (Å²) in [6.45, 7) is 8.83. The zero-order valence-corrected chi connectivity index (χ0v) is 13.7. The molecule has 0 aliphatic carbocycles. The van der Waals surface area contributed by atoms with Gasteiger partial charge in [0.1, 0.15) is 0 Å². The van der Waals surface area contributed by atoms with E-state index in [0.29, 0.717) is 29.5 Å². The van der Waals surface area contributed by atoms with Gasteiger partial charge in [0.2, 0.25) is 0 Å². The number of carbonyl (C=O) groups excluding carboxylic acids is 1. The Bertz CT molecular complexity index is 648. The first kappa shape index (κ1) is 16.1. The molecule has 0 bridgehead atoms. The van der Waals surface area contributed by atoms with Crippen molar-refractivity contribution in [1.29, 1.82) is 0 Å². The molecule has 0 aliphatic heterocycles. The van der Waals surface area contributed by atoms with Crippen LogP contribution in [-0.2, 0) is 0 Å². The third-order valence-electron chi connectivity index (χ3n) is 3.54. The molecule has 2 rings (SSSR count). The van der Waals surface area contributed by atoms with Gasteiger partial charge in [-0.3, -0.25) is 4.79 Å². The lowest BCUT2D eigenvalue weighted by Gasteiger charge is -2.09. The van der Waals surface area contributed by atoms with Gasteiger partial charge in [-0.15, -0.1) is 0 Å². The van der Waals surface area contributed by atoms with Gasteiger partial charge in [0.05, 0.1) is 11.3 Å². The first-order chi connectivity index (χ1) is 10.5. The number of hydrogen-bond donors (Lipinski definition) is 1. The van der Waals surface area contributed by atoms with Gasteiger partial charge in [-0.2, -0.15) is 0 Å². The minimum atomic E-state index is -0.103. The van der Waals surface area contributed by atoms with Gasteiger partial charge < -0.3 is 5.32 Å². The standard InChI is InChI=1S/C18H23N3O/c1-12(2)9-10-19-18(22)16-11-20-17(21-14(16)4)15-7-5-13(3)6-8-15/h5-8,11-12H,9-10H2,1-4H3,(H,19,22). The summed E-state index contributed by atoms with van der Waals surface area (Å²) in [5.74, 6) is 1.12. The molecule has 1 aromatic heterocycles. The summed E-state index contributed by atoms with van der Waals surface area (Å²) in [6, 6.07) is 8.04. The Hall–Kier alpha value is -2.23. The second-order valence-electron chi connectivity index (χ2n) is 6.00. The molecule has 0 aliphatic rings. The van der Waals surface area contributed by atoms with Crippen LogP contribution in [0.25, 0.3) is 11.4 Å². The molecule has 4 heteroatoms. The van der Waals surface area contributed by atoms with Gasteiger partial charge in [-0.25, -0.2) is 9.97 Å². The van der Waals surface area contributed by atoms with Crippen LogP contribution >= 0.6 is 0 Å². The first-order valence-corrected chi connectivity index (χ1v) is 7.66. The van der Waals surface area contributed by atoms with Crippen LogP contribution in [0.1, 0.15) is 41.9 Å². The largest absolute Gasteiger partial charge is 0.352 e. The molecule has 4 nitrogen and oxygen atoms in total. The van der Waals surface area contributed by atoms with Gasteiger partial charge >= 0.3 is 0 Å². The van der Waals surface area contributed by atoms with Crippen molar-refractivity contribution >= 4 is 5.91 Å². The van der Waals surface area contributed by atoms with Crippen molar-refractivity contribution in [3.8, 4) is 11.4 Å². The van der Waals surface area contributed by atoms with Crippen molar-refractivity contribution in [2.24, 2.45) is 5.92 Å². The quantitative estimate of drug-likeness (QED) is 0.918. The number of rotatable bonds is 5. The van der Waals surface area contributed by atoms with Crippen molar-refractivity contribution in [2.75, 3.05) is 6.54 Å². The van der Waals surface area contributed by atoms with E-state index in [2.05, 4.69) is 29.1 Å². The van der Waals surface area contributed by atoms with Crippen LogP contribution in [0, 0.1) is 19.8 Å². The summed E-state index contributed by atoms with van der Waals surface area (Å²) >= 11 is 0. The molecule has 1 amide bonds. The molecule has 0 saturated carbocycles. The average molecular weight is 297 g/mol. The average Bonchev–Trinajstić information content (AvgIpc) is 2.47. The Kier molecular flexibility index (Phi) is 5.26. The Balaban J connectivity index is 2.12. The molecule has 0 radical (unpaired) electrons. The minimum absolute atomic E-state index is 0.103. The molecule has 116 valence electrons. The molecule has 1 heterocycles. The minimum Gasteiger partial charge on any atom is -0.352 e. The fraction of sp³-hybridized carbons (Fsp3) is 0.389. The van der Waals surface area contributed by atoms with Crippen LogP contribution in [0.3, 0.4) is 0 Å². The summed E-state index contributed by atoms with van der Waals surface area (Å²) in [4.78, 5) is 20.9. The summed E-state index contributed by atoms with van der Waals surface area (Å²) < 4.78 is 0. The smallest absolute Gasteiger partial charge is 0.254 e. The molecule has 22 heavy (non-hydrogen) atoms. The van der Waals surface area contributed by atoms with E-state index in [1.54, 1.807) is 6.20 Å². The fourth-order valence-electron chi connectivity index (χ4n) is 2.10. The van der Waals surface area contributed by atoms with Crippen molar-refractivity contribution in [1.82, 2.24) is 15.3 Å². The highest BCUT2D eigenvalue weighted by Crippen LogP contribution is 2.17. The Morgan fingerprint density at radius 1 is 1.18 bits per heavy atom. The van der Waals surface area contributed by atoms with E-state index in [0.717, 1.165) is 12.0 Å². The molecule has 1 aromatic carbocycles. The lowest BCUT2D eigenvalue weighted by Crippen LogP contribution is -2.26. The van der Waals surface area contributed by atoms with Crippen molar-refractivity contribution in [2.45, 2.75) is 34.1 Å². The molecular weight excluding hydrogens is 274 g/mol. The zero-order chi connectivity index (χ0) is 16.1. The first-order valence-electron chi connectivity index (χ1n) is 7.66. The summed E-state index contributed by atoms with van der Waals surface area (Å²) in [6.07, 6.45) is 2.58. The highest BCUT2D eigenvalue weighted by molar-refractivity contribution is 5.95. The van der Waals surface area contributed by atoms with Gasteiger partial charge in [0.15, 0.2) is 5.82 Å². The van der Waals surface area contributed by atoms with Crippen LogP contribution in [0.15, 0.2) is 30.5 Å². The normalized spacial score (nSPS) is 10.8. The number of carbonyl (C=O) groups is 1. The van der Waals surface area contributed by atoms with Crippen molar-refractivity contribution in [3.63, 3.8) is 0 Å². The number of benzene rings is 1. The summed E-state index contributed by atoms with van der Waals surface area (Å²) in [5, 5.41) is 2.92. The van der Waals surface area contributed by atoms with E-state index in [4.69, 9.17) is 0 Å². The predicted molar refractivity (Wildman–Crippen MR) is 88.7 cm³/mol. The molecule has 0 atom stereocenters. The number of nitrogens with zero attached hydrogens (tertiary/aromatic N) is 2. The Morgan fingerprint density at radius 2 is 1.86 bits per heavy atom. The maximum atomic E-state index is 12.1. The van der Waals surface area contributed by atoms with Gasteiger partial charge in [-0.05, 0) is 26.2 Å². The summed E-state index contributed by atoms with van der Waals surface area (Å²) in [5.41, 5.74) is 3.40. The van der Waals surface area contributed by atoms with Crippen LogP contribution in [0.5, 0.6) is 0 Å². The number of aromatic nitrogens is 2. The fourth-order valence-corrected chi connectivity index (χ4v) is 2.10. The van der Waals surface area contributed by atoms with Gasteiger partial charge in [0.25, 0.3) is 5.91 Å². The van der Waals surface area contributed by atoms with E-state index in [-0.39, 0.29) is 5.91 Å². The number of nitrogens with one attached hydrogen (secondary N) is 1. The monoisotopic (exact) mass is 297 g/mol. The van der Waals surface area contributed by atoms with E-state index in [1.165, 1.54) is 5.56 Å². The zero-order valence-electron chi connectivity index (χ0n) is 13.7. The van der Waals surface area contributed by atoms with Crippen molar-refractivity contribution in [3.05, 3.63) is 47.3 Å². The Morgan fingerprint density at radius 3 is 2.45 bits per heavy atom. The molecule has 0 spiro atoms. The lowest BCUT2D eigenvalue weighted by molar-refractivity contribution is 0.0950. The van der Waals surface area contributed by atoms with E-state index >= 15 is 0 Å². The second-order valence-corrected chi connectivity index (χ2v) is 6.00. The molecular formula is C18H23N3O. The van der Waals surface area contributed by atoms with Crippen molar-refractivity contribution < 1.29 is 4.79 Å². The molecule has 0 fully saturated rings. The van der Waals surface area contributed by atoms with Gasteiger partial charge in [0, 0.05) is 18.3 Å². The van der Waals surface area contributed by atoms with E-state index in [9.17, 15) is 4.79 Å². The lowest BCUT2D eigenvalue weighted by atomic mass is 10.1. The van der Waals surface area contributed by atoms with Crippen LogP contribution < -0.4 is 5.32 Å². The van der Waals surface area contributed by atoms with Crippen LogP contribution in [0.2, 0.25) is 0 Å². The maximum Gasteiger partial charge on any atom is 0.254 e. The van der Waals surface area contributed by atoms with Crippen LogP contribution in [-0.4, -0.2) is 22.4 Å². The number of aryl methyl sites for hydroxylation is 2. The van der Waals surface area contributed by atoms with E-state index < -0.39 is 0 Å². The topological polar surface area (TPSA) is 54.9 Å². The molecule has 1 N–H and O–H groups in total. The summed E-state index contributed by atoms with van der Waals surface area (Å²) in [7, 11) is 0.